The van der Waals surface area contributed by atoms with Gasteiger partial charge in [0.1, 0.15) is 5.56 Å². The number of urea groups is 1. The molecule has 7 nitrogen and oxygen atoms in total. The largest absolute Gasteiger partial charge is 0.478 e. The number of aromatic carboxylic acids is 1. The minimum Gasteiger partial charge on any atom is -0.478 e. The lowest BCUT2D eigenvalue weighted by atomic mass is 10.2. The fourth-order valence-corrected chi connectivity index (χ4v) is 1.77. The smallest absolute Gasteiger partial charge is 0.339 e. The maximum Gasteiger partial charge on any atom is 0.339 e. The van der Waals surface area contributed by atoms with Gasteiger partial charge in [-0.05, 0) is 12.1 Å². The van der Waals surface area contributed by atoms with Crippen LogP contribution in [0, 0.1) is 0 Å². The van der Waals surface area contributed by atoms with E-state index in [1.165, 1.54) is 23.1 Å². The van der Waals surface area contributed by atoms with Crippen LogP contribution in [0.25, 0.3) is 0 Å². The van der Waals surface area contributed by atoms with E-state index in [1.54, 1.807) is 14.1 Å². The van der Waals surface area contributed by atoms with Crippen molar-refractivity contribution in [1.82, 2.24) is 10.2 Å². The van der Waals surface area contributed by atoms with Crippen LogP contribution in [-0.4, -0.2) is 48.6 Å². The van der Waals surface area contributed by atoms with Gasteiger partial charge in [0, 0.05) is 27.1 Å². The molecule has 0 spiro atoms. The molecule has 0 unspecified atom stereocenters. The topological polar surface area (TPSA) is 98.7 Å². The van der Waals surface area contributed by atoms with Gasteiger partial charge in [-0.3, -0.25) is 4.79 Å². The highest BCUT2D eigenvalue weighted by molar-refractivity contribution is 6.34. The molecule has 1 rings (SSSR count). The summed E-state index contributed by atoms with van der Waals surface area (Å²) in [6.07, 6.45) is 0.155. The van der Waals surface area contributed by atoms with Gasteiger partial charge in [0.05, 0.1) is 10.7 Å². The van der Waals surface area contributed by atoms with Gasteiger partial charge in [-0.25, -0.2) is 9.59 Å². The summed E-state index contributed by atoms with van der Waals surface area (Å²) in [5.41, 5.74) is -0.0925. The molecule has 0 heterocycles. The first-order valence-electron chi connectivity index (χ1n) is 6.09. The first kappa shape index (κ1) is 16.8. The summed E-state index contributed by atoms with van der Waals surface area (Å²) in [7, 11) is 3.24. The number of halogens is 1. The van der Waals surface area contributed by atoms with Crippen molar-refractivity contribution in [3.05, 3.63) is 28.8 Å². The van der Waals surface area contributed by atoms with Crippen LogP contribution in [0.2, 0.25) is 5.02 Å². The molecule has 21 heavy (non-hydrogen) atoms. The summed E-state index contributed by atoms with van der Waals surface area (Å²) < 4.78 is 0. The van der Waals surface area contributed by atoms with E-state index < -0.39 is 12.0 Å². The van der Waals surface area contributed by atoms with Crippen molar-refractivity contribution in [3.8, 4) is 0 Å². The number of carboxylic acids is 1. The summed E-state index contributed by atoms with van der Waals surface area (Å²) in [6.45, 7) is 0.145. The average molecular weight is 314 g/mol. The van der Waals surface area contributed by atoms with Gasteiger partial charge >= 0.3 is 12.0 Å². The number of nitrogens with one attached hydrogen (secondary N) is 2. The van der Waals surface area contributed by atoms with Crippen LogP contribution in [-0.2, 0) is 4.79 Å². The number of carbonyl (C=O) groups is 3. The van der Waals surface area contributed by atoms with Crippen molar-refractivity contribution in [3.63, 3.8) is 0 Å². The Labute approximate surface area is 126 Å². The minimum absolute atomic E-state index is 0.0306. The number of amides is 3. The van der Waals surface area contributed by atoms with Gasteiger partial charge in [-0.1, -0.05) is 17.7 Å². The van der Waals surface area contributed by atoms with Gasteiger partial charge in [0.15, 0.2) is 0 Å². The Morgan fingerprint density at radius 1 is 1.29 bits per heavy atom. The second-order valence-corrected chi connectivity index (χ2v) is 4.79. The fraction of sp³-hybridized carbons (Fsp3) is 0.308. The molecule has 0 bridgehead atoms. The van der Waals surface area contributed by atoms with Crippen LogP contribution >= 0.6 is 11.6 Å². The molecule has 0 aromatic heterocycles. The van der Waals surface area contributed by atoms with E-state index in [1.807, 2.05) is 0 Å². The molecule has 3 amide bonds. The van der Waals surface area contributed by atoms with Crippen LogP contribution in [0.15, 0.2) is 18.2 Å². The summed E-state index contributed by atoms with van der Waals surface area (Å²) in [4.78, 5) is 35.5. The Morgan fingerprint density at radius 2 is 1.95 bits per heavy atom. The van der Waals surface area contributed by atoms with Crippen molar-refractivity contribution in [2.75, 3.05) is 26.0 Å². The van der Waals surface area contributed by atoms with E-state index in [0.29, 0.717) is 0 Å². The zero-order valence-electron chi connectivity index (χ0n) is 11.6. The molecular weight excluding hydrogens is 298 g/mol. The number of hydrogen-bond acceptors (Lipinski definition) is 3. The fourth-order valence-electron chi connectivity index (χ4n) is 1.52. The third-order valence-corrected chi connectivity index (χ3v) is 2.91. The molecule has 0 saturated carbocycles. The highest BCUT2D eigenvalue weighted by Gasteiger charge is 2.16. The lowest BCUT2D eigenvalue weighted by Crippen LogP contribution is -2.33. The Kier molecular flexibility index (Phi) is 5.98. The maximum atomic E-state index is 11.7. The quantitative estimate of drug-likeness (QED) is 0.769. The van der Waals surface area contributed by atoms with Crippen molar-refractivity contribution in [2.24, 2.45) is 0 Å². The van der Waals surface area contributed by atoms with E-state index in [0.717, 1.165) is 0 Å². The Balaban J connectivity index is 2.62. The van der Waals surface area contributed by atoms with Gasteiger partial charge in [0.25, 0.3) is 0 Å². The lowest BCUT2D eigenvalue weighted by Gasteiger charge is -2.12. The summed E-state index contributed by atoms with van der Waals surface area (Å²) in [6, 6.07) is 3.77. The molecule has 0 aliphatic rings. The number of rotatable bonds is 5. The number of nitrogens with zero attached hydrogens (tertiary/aromatic N) is 1. The van der Waals surface area contributed by atoms with Crippen molar-refractivity contribution in [2.45, 2.75) is 6.42 Å². The van der Waals surface area contributed by atoms with Crippen LogP contribution in [0.3, 0.4) is 0 Å². The molecule has 0 saturated heterocycles. The number of hydrogen-bond donors (Lipinski definition) is 3. The molecule has 0 atom stereocenters. The van der Waals surface area contributed by atoms with Crippen LogP contribution in [0.1, 0.15) is 16.8 Å². The van der Waals surface area contributed by atoms with Gasteiger partial charge < -0.3 is 20.6 Å². The standard InChI is InChI=1S/C13H16ClN3O4/c1-17(2)10(18)6-7-15-13(21)16-9-5-3-4-8(14)11(9)12(19)20/h3-5H,6-7H2,1-2H3,(H,19,20)(H2,15,16,21). The summed E-state index contributed by atoms with van der Waals surface area (Å²) in [5.74, 6) is -1.36. The molecule has 1 aromatic carbocycles. The Hall–Kier alpha value is -2.28. The molecule has 8 heteroatoms. The predicted molar refractivity (Wildman–Crippen MR) is 78.7 cm³/mol. The van der Waals surface area contributed by atoms with E-state index in [4.69, 9.17) is 16.7 Å². The van der Waals surface area contributed by atoms with E-state index in [2.05, 4.69) is 10.6 Å². The van der Waals surface area contributed by atoms with Crippen molar-refractivity contribution >= 4 is 35.2 Å². The highest BCUT2D eigenvalue weighted by Crippen LogP contribution is 2.24. The molecule has 0 aliphatic heterocycles. The van der Waals surface area contributed by atoms with E-state index >= 15 is 0 Å². The number of carbonyl (C=O) groups excluding carboxylic acids is 2. The average Bonchev–Trinajstić information content (AvgIpc) is 2.37. The SMILES string of the molecule is CN(C)C(=O)CCNC(=O)Nc1cccc(Cl)c1C(=O)O. The summed E-state index contributed by atoms with van der Waals surface area (Å²) >= 11 is 5.79. The van der Waals surface area contributed by atoms with Crippen LogP contribution in [0.4, 0.5) is 10.5 Å². The minimum atomic E-state index is -1.24. The molecule has 0 aliphatic carbocycles. The first-order chi connectivity index (χ1) is 9.82. The van der Waals surface area contributed by atoms with E-state index in [9.17, 15) is 14.4 Å². The van der Waals surface area contributed by atoms with Crippen molar-refractivity contribution in [1.29, 1.82) is 0 Å². The Bertz CT molecular complexity index is 560. The number of carboxylic acid groups (broad SMARTS) is 1. The molecule has 1 aromatic rings. The third kappa shape index (κ3) is 4.96. The molecule has 0 fully saturated rings. The Morgan fingerprint density at radius 3 is 2.52 bits per heavy atom. The van der Waals surface area contributed by atoms with E-state index in [-0.39, 0.29) is 35.1 Å². The number of benzene rings is 1. The number of anilines is 1. The zero-order chi connectivity index (χ0) is 16.0. The van der Waals surface area contributed by atoms with Crippen LogP contribution < -0.4 is 10.6 Å². The molecule has 3 N–H and O–H groups in total. The third-order valence-electron chi connectivity index (χ3n) is 2.60. The molecular formula is C13H16ClN3O4. The molecule has 0 radical (unpaired) electrons. The first-order valence-corrected chi connectivity index (χ1v) is 6.47. The predicted octanol–water partition coefficient (Wildman–Crippen LogP) is 1.64. The van der Waals surface area contributed by atoms with Gasteiger partial charge in [-0.2, -0.15) is 0 Å². The van der Waals surface area contributed by atoms with Gasteiger partial charge in [-0.15, -0.1) is 0 Å². The maximum absolute atomic E-state index is 11.7. The van der Waals surface area contributed by atoms with Crippen molar-refractivity contribution < 1.29 is 19.5 Å². The molecule has 114 valence electrons. The lowest BCUT2D eigenvalue weighted by molar-refractivity contribution is -0.128. The second-order valence-electron chi connectivity index (χ2n) is 4.39. The van der Waals surface area contributed by atoms with Crippen LogP contribution in [0.5, 0.6) is 0 Å². The zero-order valence-corrected chi connectivity index (χ0v) is 12.4. The summed E-state index contributed by atoms with van der Waals surface area (Å²) in [5, 5.41) is 14.0. The normalized spacial score (nSPS) is 9.86. The van der Waals surface area contributed by atoms with Gasteiger partial charge in [0.2, 0.25) is 5.91 Å². The monoisotopic (exact) mass is 313 g/mol. The second kappa shape index (κ2) is 7.49. The highest BCUT2D eigenvalue weighted by atomic mass is 35.5.